The van der Waals surface area contributed by atoms with Crippen LogP contribution in [-0.4, -0.2) is 63.8 Å². The molecule has 0 bridgehead atoms. The van der Waals surface area contributed by atoms with Crippen molar-refractivity contribution in [3.05, 3.63) is 77.9 Å². The van der Waals surface area contributed by atoms with Crippen LogP contribution in [0.4, 0.5) is 14.6 Å². The highest BCUT2D eigenvalue weighted by molar-refractivity contribution is 5.78. The number of aromatic nitrogens is 4. The first-order valence-corrected chi connectivity index (χ1v) is 13.9. The van der Waals surface area contributed by atoms with Crippen molar-refractivity contribution >= 4 is 16.9 Å². The van der Waals surface area contributed by atoms with Crippen LogP contribution in [-0.2, 0) is 17.7 Å². The Morgan fingerprint density at radius 3 is 2.49 bits per heavy atom. The maximum absolute atomic E-state index is 14.1. The first-order chi connectivity index (χ1) is 19.1. The zero-order chi connectivity index (χ0) is 26.6. The van der Waals surface area contributed by atoms with Crippen molar-refractivity contribution in [1.82, 2.24) is 24.4 Å². The predicted molar refractivity (Wildman–Crippen MR) is 147 cm³/mol. The fourth-order valence-electron chi connectivity index (χ4n) is 5.76. The summed E-state index contributed by atoms with van der Waals surface area (Å²) in [6.07, 6.45) is 1.25. The summed E-state index contributed by atoms with van der Waals surface area (Å²) in [6.45, 7) is 5.88. The van der Waals surface area contributed by atoms with Crippen molar-refractivity contribution in [2.24, 2.45) is 5.92 Å². The highest BCUT2D eigenvalue weighted by Crippen LogP contribution is 2.29. The van der Waals surface area contributed by atoms with Crippen LogP contribution in [0, 0.1) is 5.92 Å². The van der Waals surface area contributed by atoms with E-state index in [-0.39, 0.29) is 5.82 Å². The number of likely N-dealkylation sites (tertiary alicyclic amines) is 1. The lowest BCUT2D eigenvalue weighted by atomic mass is 10.0. The summed E-state index contributed by atoms with van der Waals surface area (Å²) in [6, 6.07) is 19.6. The van der Waals surface area contributed by atoms with Crippen LogP contribution in [0.15, 0.2) is 60.7 Å². The second kappa shape index (κ2) is 11.8. The number of imidazole rings is 1. The third-order valence-electron chi connectivity index (χ3n) is 7.72. The molecular weight excluding hydrogens is 498 g/mol. The van der Waals surface area contributed by atoms with E-state index in [0.717, 1.165) is 38.3 Å². The Morgan fingerprint density at radius 2 is 1.67 bits per heavy atom. The van der Waals surface area contributed by atoms with Gasteiger partial charge in [-0.05, 0) is 49.4 Å². The van der Waals surface area contributed by atoms with Crippen molar-refractivity contribution in [3.63, 3.8) is 0 Å². The van der Waals surface area contributed by atoms with Gasteiger partial charge in [0.05, 0.1) is 24.2 Å². The van der Waals surface area contributed by atoms with Crippen LogP contribution in [0.2, 0.25) is 0 Å². The van der Waals surface area contributed by atoms with Crippen LogP contribution in [0.5, 0.6) is 0 Å². The van der Waals surface area contributed by atoms with E-state index in [2.05, 4.69) is 45.1 Å². The molecule has 6 rings (SSSR count). The van der Waals surface area contributed by atoms with Gasteiger partial charge in [0.15, 0.2) is 5.82 Å². The van der Waals surface area contributed by atoms with Crippen LogP contribution in [0.3, 0.4) is 0 Å². The van der Waals surface area contributed by atoms with Crippen LogP contribution in [0.25, 0.3) is 16.9 Å². The summed E-state index contributed by atoms with van der Waals surface area (Å²) in [5.74, 6) is 2.25. The van der Waals surface area contributed by atoms with E-state index in [1.54, 1.807) is 6.07 Å². The third-order valence-corrected chi connectivity index (χ3v) is 7.72. The van der Waals surface area contributed by atoms with Gasteiger partial charge in [0.25, 0.3) is 6.43 Å². The summed E-state index contributed by atoms with van der Waals surface area (Å²) < 4.78 is 35.2. The molecule has 0 saturated carbocycles. The Labute approximate surface area is 227 Å². The number of para-hydroxylation sites is 2. The molecule has 0 unspecified atom stereocenters. The minimum Gasteiger partial charge on any atom is -0.378 e. The Morgan fingerprint density at radius 1 is 0.897 bits per heavy atom. The van der Waals surface area contributed by atoms with Gasteiger partial charge in [0.2, 0.25) is 0 Å². The number of benzene rings is 2. The van der Waals surface area contributed by atoms with Gasteiger partial charge in [-0.3, -0.25) is 9.47 Å². The predicted octanol–water partition coefficient (Wildman–Crippen LogP) is 5.43. The molecule has 0 radical (unpaired) electrons. The maximum Gasteiger partial charge on any atom is 0.296 e. The molecule has 39 heavy (non-hydrogen) atoms. The first-order valence-electron chi connectivity index (χ1n) is 13.9. The van der Waals surface area contributed by atoms with E-state index < -0.39 is 6.43 Å². The van der Waals surface area contributed by atoms with Gasteiger partial charge in [-0.1, -0.05) is 42.5 Å². The maximum atomic E-state index is 14.1. The topological polar surface area (TPSA) is 59.3 Å². The highest BCUT2D eigenvalue weighted by atomic mass is 19.3. The number of ether oxygens (including phenoxy) is 1. The Hall–Kier alpha value is -3.43. The number of anilines is 1. The molecule has 2 aromatic heterocycles. The molecule has 2 aliphatic heterocycles. The largest absolute Gasteiger partial charge is 0.378 e. The van der Waals surface area contributed by atoms with Gasteiger partial charge in [-0.25, -0.2) is 23.7 Å². The summed E-state index contributed by atoms with van der Waals surface area (Å²) in [5.41, 5.74) is 2.51. The Bertz CT molecular complexity index is 1390. The third kappa shape index (κ3) is 5.94. The number of aryl methyl sites for hydroxylation is 1. The number of hydrogen-bond acceptors (Lipinski definition) is 6. The average Bonchev–Trinajstić information content (AvgIpc) is 3.58. The normalized spacial score (nSPS) is 18.4. The van der Waals surface area contributed by atoms with Crippen molar-refractivity contribution in [2.75, 3.05) is 44.3 Å². The smallest absolute Gasteiger partial charge is 0.296 e. The molecule has 2 fully saturated rings. The van der Waals surface area contributed by atoms with Crippen molar-refractivity contribution in [1.29, 1.82) is 0 Å². The van der Waals surface area contributed by atoms with E-state index in [4.69, 9.17) is 14.7 Å². The Balaban J connectivity index is 1.20. The zero-order valence-corrected chi connectivity index (χ0v) is 22.1. The van der Waals surface area contributed by atoms with E-state index in [1.165, 1.54) is 16.6 Å². The molecule has 2 aromatic carbocycles. The van der Waals surface area contributed by atoms with Crippen LogP contribution in [0.1, 0.15) is 42.9 Å². The van der Waals surface area contributed by atoms with Crippen molar-refractivity contribution in [3.8, 4) is 5.82 Å². The minimum atomic E-state index is -2.72. The fraction of sp³-hybridized carbons (Fsp3) is 0.433. The van der Waals surface area contributed by atoms with E-state index in [9.17, 15) is 8.78 Å². The zero-order valence-electron chi connectivity index (χ0n) is 22.1. The fourth-order valence-corrected chi connectivity index (χ4v) is 5.76. The second-order valence-corrected chi connectivity index (χ2v) is 10.5. The molecule has 2 aliphatic rings. The monoisotopic (exact) mass is 532 g/mol. The molecule has 0 spiro atoms. The lowest BCUT2D eigenvalue weighted by molar-refractivity contribution is 0.122. The number of alkyl halides is 2. The van der Waals surface area contributed by atoms with Crippen LogP contribution >= 0.6 is 0 Å². The summed E-state index contributed by atoms with van der Waals surface area (Å²) in [7, 11) is 0. The molecule has 9 heteroatoms. The van der Waals surface area contributed by atoms with E-state index >= 15 is 0 Å². The number of fused-ring (bicyclic) bond motifs is 1. The Kier molecular flexibility index (Phi) is 7.78. The number of halogens is 2. The highest BCUT2D eigenvalue weighted by Gasteiger charge is 2.24. The molecule has 4 heterocycles. The quantitative estimate of drug-likeness (QED) is 0.286. The van der Waals surface area contributed by atoms with E-state index in [0.29, 0.717) is 61.3 Å². The van der Waals surface area contributed by atoms with Crippen molar-refractivity contribution in [2.45, 2.75) is 38.7 Å². The summed E-state index contributed by atoms with van der Waals surface area (Å²) >= 11 is 0. The van der Waals surface area contributed by atoms with Gasteiger partial charge in [-0.15, -0.1) is 0 Å². The molecule has 0 aliphatic carbocycles. The van der Waals surface area contributed by atoms with Crippen LogP contribution < -0.4 is 4.90 Å². The summed E-state index contributed by atoms with van der Waals surface area (Å²) in [5, 5.41) is 0. The number of hydrogen-bond donors (Lipinski definition) is 0. The molecule has 1 atom stereocenters. The molecule has 4 aromatic rings. The first kappa shape index (κ1) is 25.8. The minimum absolute atomic E-state index is 0.293. The summed E-state index contributed by atoms with van der Waals surface area (Å²) in [4.78, 5) is 18.6. The lowest BCUT2D eigenvalue weighted by Gasteiger charge is -2.28. The molecule has 0 N–H and O–H groups in total. The van der Waals surface area contributed by atoms with Gasteiger partial charge < -0.3 is 9.64 Å². The molecular formula is C30H34F2N6O. The lowest BCUT2D eigenvalue weighted by Crippen LogP contribution is -2.37. The number of morpholine rings is 1. The average molecular weight is 533 g/mol. The molecule has 7 nitrogen and oxygen atoms in total. The van der Waals surface area contributed by atoms with Gasteiger partial charge in [0, 0.05) is 38.7 Å². The number of rotatable bonds is 9. The molecule has 2 saturated heterocycles. The molecule has 0 amide bonds. The van der Waals surface area contributed by atoms with E-state index in [1.807, 2.05) is 24.3 Å². The molecule has 204 valence electrons. The standard InChI is InChI=1S/C30H34F2N6O/c31-29(32)30-33-24-10-4-5-11-25(24)38(30)28-19-27(37-15-17-39-18-16-37)34-26(35-28)12-6-9-23-13-14-36(21-23)20-22-7-2-1-3-8-22/h1-5,7-8,10-11,19,23,29H,6,9,12-18,20-21H2/t23-/m0/s1. The second-order valence-electron chi connectivity index (χ2n) is 10.5. The SMILES string of the molecule is FC(F)c1nc2ccccc2n1-c1cc(N2CCOCC2)nc(CCC[C@H]2CCN(Cc3ccccc3)C2)n1. The van der Waals surface area contributed by atoms with Gasteiger partial charge in [0.1, 0.15) is 17.5 Å². The van der Waals surface area contributed by atoms with Gasteiger partial charge >= 0.3 is 0 Å². The number of nitrogens with zero attached hydrogens (tertiary/aromatic N) is 6. The van der Waals surface area contributed by atoms with Gasteiger partial charge in [-0.2, -0.15) is 0 Å². The van der Waals surface area contributed by atoms with Crippen molar-refractivity contribution < 1.29 is 13.5 Å².